The lowest BCUT2D eigenvalue weighted by atomic mass is 9.83. The minimum atomic E-state index is -1.00. The van der Waals surface area contributed by atoms with Gasteiger partial charge in [-0.25, -0.2) is 23.7 Å². The number of fused-ring (bicyclic) bond motifs is 1. The summed E-state index contributed by atoms with van der Waals surface area (Å²) in [6.45, 7) is 0.535. The molecule has 166 valence electrons. The number of amides is 1. The number of carbonyl (C=O) groups excluding carboxylic acids is 1. The topological polar surface area (TPSA) is 112 Å². The van der Waals surface area contributed by atoms with Crippen LogP contribution >= 0.6 is 11.3 Å². The Kier molecular flexibility index (Phi) is 4.83. The number of benzene rings is 1. The molecule has 2 atom stereocenters. The fourth-order valence-electron chi connectivity index (χ4n) is 4.32. The zero-order valence-electron chi connectivity index (χ0n) is 17.4. The third kappa shape index (κ3) is 3.39. The minimum absolute atomic E-state index is 0.0885. The summed E-state index contributed by atoms with van der Waals surface area (Å²) in [5.74, 6) is -1.46. The van der Waals surface area contributed by atoms with Crippen LogP contribution < -0.4 is 10.6 Å². The Morgan fingerprint density at radius 1 is 1.18 bits per heavy atom. The van der Waals surface area contributed by atoms with Crippen LogP contribution in [0.3, 0.4) is 0 Å². The molecule has 0 spiro atoms. The van der Waals surface area contributed by atoms with Gasteiger partial charge in [0.05, 0.1) is 36.5 Å². The van der Waals surface area contributed by atoms with E-state index in [0.717, 1.165) is 17.3 Å². The minimum Gasteiger partial charge on any atom is -0.369 e. The summed E-state index contributed by atoms with van der Waals surface area (Å²) in [4.78, 5) is 29.9. The van der Waals surface area contributed by atoms with Gasteiger partial charge in [-0.2, -0.15) is 5.26 Å². The number of hydrogen-bond acceptors (Lipinski definition) is 8. The number of hydrogen-bond donors (Lipinski definition) is 1. The first-order valence-electron chi connectivity index (χ1n) is 9.96. The summed E-state index contributed by atoms with van der Waals surface area (Å²) >= 11 is 1.38. The highest BCUT2D eigenvalue weighted by molar-refractivity contribution is 7.10. The van der Waals surface area contributed by atoms with E-state index >= 15 is 0 Å². The molecule has 2 aliphatic rings. The SMILES string of the molecule is CN1C(=O)[C@@H]2CN(c3ncc(F)cn3)C[C@]2(c2cc(-c3cc(F)cc(C#N)c3)cs2)N=C1N. The fourth-order valence-corrected chi connectivity index (χ4v) is 5.43. The normalized spacial score (nSPS) is 22.2. The quantitative estimate of drug-likeness (QED) is 0.636. The number of rotatable bonds is 3. The third-order valence-electron chi connectivity index (χ3n) is 5.97. The summed E-state index contributed by atoms with van der Waals surface area (Å²) in [7, 11) is 1.57. The highest BCUT2D eigenvalue weighted by Gasteiger charge is 2.56. The molecule has 1 fully saturated rings. The van der Waals surface area contributed by atoms with Crippen LogP contribution in [0.25, 0.3) is 11.1 Å². The van der Waals surface area contributed by atoms with Crippen molar-refractivity contribution in [1.29, 1.82) is 5.26 Å². The Labute approximate surface area is 191 Å². The van der Waals surface area contributed by atoms with Crippen LogP contribution in [0.4, 0.5) is 14.7 Å². The lowest BCUT2D eigenvalue weighted by Crippen LogP contribution is -2.54. The number of anilines is 1. The Hall–Kier alpha value is -3.91. The van der Waals surface area contributed by atoms with Crippen LogP contribution in [-0.2, 0) is 10.3 Å². The fraction of sp³-hybridized carbons (Fsp3) is 0.227. The van der Waals surface area contributed by atoms with Gasteiger partial charge in [0.1, 0.15) is 11.4 Å². The predicted octanol–water partition coefficient (Wildman–Crippen LogP) is 2.47. The number of halogens is 2. The summed E-state index contributed by atoms with van der Waals surface area (Å²) < 4.78 is 27.3. The molecule has 0 unspecified atom stereocenters. The molecule has 33 heavy (non-hydrogen) atoms. The number of nitrogens with two attached hydrogens (primary N) is 1. The molecule has 8 nitrogen and oxygen atoms in total. The van der Waals surface area contributed by atoms with Gasteiger partial charge in [0.25, 0.3) is 0 Å². The van der Waals surface area contributed by atoms with Gasteiger partial charge >= 0.3 is 0 Å². The average molecular weight is 465 g/mol. The number of nitriles is 1. The van der Waals surface area contributed by atoms with Gasteiger partial charge in [0.15, 0.2) is 11.8 Å². The summed E-state index contributed by atoms with van der Waals surface area (Å²) in [6, 6.07) is 7.93. The summed E-state index contributed by atoms with van der Waals surface area (Å²) in [6.07, 6.45) is 2.14. The Morgan fingerprint density at radius 2 is 1.94 bits per heavy atom. The van der Waals surface area contributed by atoms with Gasteiger partial charge in [0, 0.05) is 18.5 Å². The van der Waals surface area contributed by atoms with Crippen LogP contribution in [0.15, 0.2) is 47.0 Å². The number of guanidine groups is 1. The van der Waals surface area contributed by atoms with Crippen molar-refractivity contribution in [3.8, 4) is 17.2 Å². The molecule has 0 bridgehead atoms. The maximum atomic E-state index is 14.0. The smallest absolute Gasteiger partial charge is 0.236 e. The third-order valence-corrected chi connectivity index (χ3v) is 7.07. The first kappa shape index (κ1) is 21.0. The van der Waals surface area contributed by atoms with Crippen molar-refractivity contribution in [2.24, 2.45) is 16.6 Å². The summed E-state index contributed by atoms with van der Waals surface area (Å²) in [5, 5.41) is 11.0. The van der Waals surface area contributed by atoms with Gasteiger partial charge in [0.2, 0.25) is 11.9 Å². The maximum absolute atomic E-state index is 14.0. The second kappa shape index (κ2) is 7.60. The maximum Gasteiger partial charge on any atom is 0.236 e. The van der Waals surface area contributed by atoms with Crippen molar-refractivity contribution in [1.82, 2.24) is 14.9 Å². The zero-order chi connectivity index (χ0) is 23.3. The van der Waals surface area contributed by atoms with E-state index in [1.807, 2.05) is 17.5 Å². The zero-order valence-corrected chi connectivity index (χ0v) is 18.2. The van der Waals surface area contributed by atoms with Crippen molar-refractivity contribution in [3.63, 3.8) is 0 Å². The van der Waals surface area contributed by atoms with E-state index in [1.54, 1.807) is 18.0 Å². The van der Waals surface area contributed by atoms with Crippen LogP contribution in [0, 0.1) is 28.9 Å². The molecular formula is C22H17F2N7OS. The highest BCUT2D eigenvalue weighted by atomic mass is 32.1. The van der Waals surface area contributed by atoms with Crippen molar-refractivity contribution < 1.29 is 13.6 Å². The molecule has 0 aliphatic carbocycles. The van der Waals surface area contributed by atoms with Gasteiger partial charge in [-0.15, -0.1) is 11.3 Å². The van der Waals surface area contributed by atoms with Gasteiger partial charge < -0.3 is 10.6 Å². The van der Waals surface area contributed by atoms with E-state index in [4.69, 9.17) is 10.7 Å². The molecule has 0 radical (unpaired) electrons. The van der Waals surface area contributed by atoms with E-state index < -0.39 is 23.1 Å². The predicted molar refractivity (Wildman–Crippen MR) is 118 cm³/mol. The van der Waals surface area contributed by atoms with Crippen molar-refractivity contribution in [3.05, 3.63) is 64.1 Å². The second-order valence-corrected chi connectivity index (χ2v) is 8.88. The van der Waals surface area contributed by atoms with Crippen molar-refractivity contribution >= 4 is 29.2 Å². The molecule has 1 amide bonds. The van der Waals surface area contributed by atoms with Crippen molar-refractivity contribution in [2.75, 3.05) is 25.0 Å². The number of thiophene rings is 1. The summed E-state index contributed by atoms with van der Waals surface area (Å²) in [5.41, 5.74) is 6.57. The lowest BCUT2D eigenvalue weighted by Gasteiger charge is -2.36. The second-order valence-electron chi connectivity index (χ2n) is 7.97. The van der Waals surface area contributed by atoms with E-state index in [9.17, 15) is 18.8 Å². The van der Waals surface area contributed by atoms with Gasteiger partial charge in [-0.05, 0) is 40.8 Å². The van der Waals surface area contributed by atoms with Crippen LogP contribution in [-0.4, -0.2) is 46.9 Å². The molecule has 1 aromatic carbocycles. The molecule has 2 aromatic heterocycles. The molecule has 5 rings (SSSR count). The van der Waals surface area contributed by atoms with Crippen LogP contribution in [0.2, 0.25) is 0 Å². The van der Waals surface area contributed by atoms with Gasteiger partial charge in [-0.3, -0.25) is 9.69 Å². The van der Waals surface area contributed by atoms with Crippen LogP contribution in [0.1, 0.15) is 10.4 Å². The molecule has 11 heteroatoms. The van der Waals surface area contributed by atoms with Gasteiger partial charge in [-0.1, -0.05) is 0 Å². The monoisotopic (exact) mass is 465 g/mol. The standard InChI is InChI=1S/C22H17F2N7OS/c1-30-19(32)17-9-31(21-27-7-16(24)8-28-21)11-22(17,29-20(30)26)18-5-14(10-33-18)13-2-12(6-25)3-15(23)4-13/h2-5,7-8,10,17H,9,11H2,1H3,(H2,26,29)/t17-,22-/m0/s1. The van der Waals surface area contributed by atoms with Crippen LogP contribution in [0.5, 0.6) is 0 Å². The molecular weight excluding hydrogens is 448 g/mol. The number of aromatic nitrogens is 2. The first-order valence-corrected chi connectivity index (χ1v) is 10.8. The van der Waals surface area contributed by atoms with E-state index in [0.29, 0.717) is 11.1 Å². The Bertz CT molecular complexity index is 1330. The largest absolute Gasteiger partial charge is 0.369 e. The average Bonchev–Trinajstić information content (AvgIpc) is 3.44. The van der Waals surface area contributed by atoms with E-state index in [1.165, 1.54) is 28.4 Å². The molecule has 4 heterocycles. The first-order chi connectivity index (χ1) is 15.8. The molecule has 0 saturated carbocycles. The number of carbonyl (C=O) groups is 1. The van der Waals surface area contributed by atoms with E-state index in [2.05, 4.69) is 9.97 Å². The van der Waals surface area contributed by atoms with Crippen molar-refractivity contribution in [2.45, 2.75) is 5.54 Å². The Balaban J connectivity index is 1.60. The molecule has 2 aliphatic heterocycles. The molecule has 1 saturated heterocycles. The number of aliphatic imine (C=N–C) groups is 1. The number of nitrogens with zero attached hydrogens (tertiary/aromatic N) is 6. The lowest BCUT2D eigenvalue weighted by molar-refractivity contribution is -0.132. The molecule has 2 N–H and O–H groups in total. The Morgan fingerprint density at radius 3 is 2.67 bits per heavy atom. The molecule has 3 aromatic rings. The highest BCUT2D eigenvalue weighted by Crippen LogP contribution is 2.47. The van der Waals surface area contributed by atoms with E-state index in [-0.39, 0.29) is 36.5 Å².